The zero-order chi connectivity index (χ0) is 12.1. The number of nitrogens with zero attached hydrogens (tertiary/aromatic N) is 3. The van der Waals surface area contributed by atoms with E-state index in [1.807, 2.05) is 13.1 Å². The fraction of sp³-hybridized carbons (Fsp3) is 0.231. The molecule has 0 saturated carbocycles. The fourth-order valence-corrected chi connectivity index (χ4v) is 2.12. The molecule has 0 spiro atoms. The van der Waals surface area contributed by atoms with Crippen molar-refractivity contribution in [1.82, 2.24) is 9.97 Å². The maximum Gasteiger partial charge on any atom is 0.131 e. The second kappa shape index (κ2) is 5.68. The molecule has 0 N–H and O–H groups in total. The molecule has 0 amide bonds. The van der Waals surface area contributed by atoms with Gasteiger partial charge in [0.2, 0.25) is 0 Å². The molecule has 0 saturated heterocycles. The van der Waals surface area contributed by atoms with Gasteiger partial charge >= 0.3 is 0 Å². The highest BCUT2D eigenvalue weighted by molar-refractivity contribution is 7.98. The van der Waals surface area contributed by atoms with Gasteiger partial charge in [0.1, 0.15) is 12.1 Å². The lowest BCUT2D eigenvalue weighted by molar-refractivity contribution is 0.888. The van der Waals surface area contributed by atoms with E-state index in [2.05, 4.69) is 45.4 Å². The van der Waals surface area contributed by atoms with Crippen molar-refractivity contribution in [2.24, 2.45) is 0 Å². The molecule has 0 aliphatic carbocycles. The lowest BCUT2D eigenvalue weighted by atomic mass is 10.2. The molecule has 3 nitrogen and oxygen atoms in total. The zero-order valence-corrected chi connectivity index (χ0v) is 10.8. The number of benzene rings is 1. The first-order valence-electron chi connectivity index (χ1n) is 5.39. The lowest BCUT2D eigenvalue weighted by Crippen LogP contribution is -2.17. The Balaban J connectivity index is 2.10. The van der Waals surface area contributed by atoms with Crippen LogP contribution in [-0.2, 0) is 6.54 Å². The molecule has 0 unspecified atom stereocenters. The number of thioether (sulfide) groups is 1. The van der Waals surface area contributed by atoms with Crippen LogP contribution in [0.25, 0.3) is 0 Å². The van der Waals surface area contributed by atoms with Crippen LogP contribution in [0.2, 0.25) is 0 Å². The van der Waals surface area contributed by atoms with E-state index in [1.165, 1.54) is 10.5 Å². The second-order valence-corrected chi connectivity index (χ2v) is 4.65. The largest absolute Gasteiger partial charge is 0.355 e. The van der Waals surface area contributed by atoms with Gasteiger partial charge in [-0.05, 0) is 30.0 Å². The van der Waals surface area contributed by atoms with Crippen LogP contribution < -0.4 is 4.90 Å². The molecule has 0 atom stereocenters. The van der Waals surface area contributed by atoms with Gasteiger partial charge in [-0.1, -0.05) is 12.1 Å². The highest BCUT2D eigenvalue weighted by atomic mass is 32.2. The molecule has 0 bridgehead atoms. The molecule has 2 aromatic rings. The summed E-state index contributed by atoms with van der Waals surface area (Å²) in [5.74, 6) is 0.939. The van der Waals surface area contributed by atoms with Crippen molar-refractivity contribution in [3.05, 3.63) is 48.4 Å². The third-order valence-corrected chi connectivity index (χ3v) is 3.24. The minimum absolute atomic E-state index is 0.853. The van der Waals surface area contributed by atoms with Gasteiger partial charge in [-0.15, -0.1) is 11.8 Å². The SMILES string of the molecule is CSc1cccc(CN(C)c2ccncn2)c1. The Morgan fingerprint density at radius 2 is 2.18 bits per heavy atom. The Bertz CT molecular complexity index is 473. The van der Waals surface area contributed by atoms with Crippen LogP contribution in [0.15, 0.2) is 47.8 Å². The van der Waals surface area contributed by atoms with E-state index in [-0.39, 0.29) is 0 Å². The number of hydrogen-bond acceptors (Lipinski definition) is 4. The minimum Gasteiger partial charge on any atom is -0.355 e. The van der Waals surface area contributed by atoms with Crippen molar-refractivity contribution >= 4 is 17.6 Å². The fourth-order valence-electron chi connectivity index (χ4n) is 1.64. The number of anilines is 1. The summed E-state index contributed by atoms with van der Waals surface area (Å²) < 4.78 is 0. The van der Waals surface area contributed by atoms with E-state index in [4.69, 9.17) is 0 Å². The first-order chi connectivity index (χ1) is 8.29. The lowest BCUT2D eigenvalue weighted by Gasteiger charge is -2.18. The summed E-state index contributed by atoms with van der Waals surface area (Å²) in [7, 11) is 2.04. The summed E-state index contributed by atoms with van der Waals surface area (Å²) in [6, 6.07) is 10.5. The van der Waals surface area contributed by atoms with Gasteiger partial charge in [0.25, 0.3) is 0 Å². The average Bonchev–Trinajstić information content (AvgIpc) is 2.40. The van der Waals surface area contributed by atoms with Crippen molar-refractivity contribution in [3.8, 4) is 0 Å². The van der Waals surface area contributed by atoms with Crippen molar-refractivity contribution in [3.63, 3.8) is 0 Å². The Kier molecular flexibility index (Phi) is 3.98. The van der Waals surface area contributed by atoms with Crippen LogP contribution >= 0.6 is 11.8 Å². The molecule has 17 heavy (non-hydrogen) atoms. The van der Waals surface area contributed by atoms with Crippen molar-refractivity contribution in [1.29, 1.82) is 0 Å². The van der Waals surface area contributed by atoms with E-state index in [1.54, 1.807) is 24.3 Å². The van der Waals surface area contributed by atoms with Crippen LogP contribution in [-0.4, -0.2) is 23.3 Å². The molecule has 0 radical (unpaired) electrons. The average molecular weight is 245 g/mol. The van der Waals surface area contributed by atoms with E-state index in [9.17, 15) is 0 Å². The van der Waals surface area contributed by atoms with Gasteiger partial charge in [-0.2, -0.15) is 0 Å². The normalized spacial score (nSPS) is 10.2. The predicted molar refractivity (Wildman–Crippen MR) is 72.4 cm³/mol. The molecule has 0 aliphatic rings. The zero-order valence-electron chi connectivity index (χ0n) is 10.00. The van der Waals surface area contributed by atoms with Gasteiger partial charge in [-0.25, -0.2) is 9.97 Å². The first kappa shape index (κ1) is 11.9. The Hall–Kier alpha value is -1.55. The van der Waals surface area contributed by atoms with Crippen LogP contribution in [0.4, 0.5) is 5.82 Å². The Labute approximate surface area is 106 Å². The minimum atomic E-state index is 0.853. The molecular formula is C13H15N3S. The molecule has 2 rings (SSSR count). The van der Waals surface area contributed by atoms with E-state index >= 15 is 0 Å². The van der Waals surface area contributed by atoms with Gasteiger partial charge in [-0.3, -0.25) is 0 Å². The van der Waals surface area contributed by atoms with Gasteiger partial charge in [0.15, 0.2) is 0 Å². The second-order valence-electron chi connectivity index (χ2n) is 3.78. The Morgan fingerprint density at radius 1 is 1.29 bits per heavy atom. The monoisotopic (exact) mass is 245 g/mol. The summed E-state index contributed by atoms with van der Waals surface area (Å²) in [5, 5.41) is 0. The summed E-state index contributed by atoms with van der Waals surface area (Å²) in [6.07, 6.45) is 5.43. The molecule has 1 aromatic heterocycles. The maximum atomic E-state index is 4.23. The predicted octanol–water partition coefficient (Wildman–Crippen LogP) is 2.83. The topological polar surface area (TPSA) is 29.0 Å². The molecule has 88 valence electrons. The van der Waals surface area contributed by atoms with Crippen LogP contribution in [0.1, 0.15) is 5.56 Å². The third kappa shape index (κ3) is 3.20. The van der Waals surface area contributed by atoms with E-state index in [0.717, 1.165) is 12.4 Å². The highest BCUT2D eigenvalue weighted by Crippen LogP contribution is 2.18. The summed E-state index contributed by atoms with van der Waals surface area (Å²) in [4.78, 5) is 11.6. The van der Waals surface area contributed by atoms with Crippen LogP contribution in [0.5, 0.6) is 0 Å². The Morgan fingerprint density at radius 3 is 2.88 bits per heavy atom. The van der Waals surface area contributed by atoms with Crippen molar-refractivity contribution in [2.75, 3.05) is 18.2 Å². The number of rotatable bonds is 4. The molecule has 0 aliphatic heterocycles. The first-order valence-corrected chi connectivity index (χ1v) is 6.62. The number of hydrogen-bond donors (Lipinski definition) is 0. The highest BCUT2D eigenvalue weighted by Gasteiger charge is 2.03. The molecule has 4 heteroatoms. The van der Waals surface area contributed by atoms with Gasteiger partial charge in [0, 0.05) is 24.7 Å². The molecule has 1 heterocycles. The van der Waals surface area contributed by atoms with Crippen molar-refractivity contribution in [2.45, 2.75) is 11.4 Å². The van der Waals surface area contributed by atoms with Gasteiger partial charge < -0.3 is 4.90 Å². The summed E-state index contributed by atoms with van der Waals surface area (Å²) in [5.41, 5.74) is 1.29. The smallest absolute Gasteiger partial charge is 0.131 e. The number of aromatic nitrogens is 2. The van der Waals surface area contributed by atoms with E-state index in [0.29, 0.717) is 0 Å². The molecule has 1 aromatic carbocycles. The summed E-state index contributed by atoms with van der Waals surface area (Å²) >= 11 is 1.76. The van der Waals surface area contributed by atoms with Gasteiger partial charge in [0.05, 0.1) is 0 Å². The van der Waals surface area contributed by atoms with Crippen molar-refractivity contribution < 1.29 is 0 Å². The van der Waals surface area contributed by atoms with Crippen LogP contribution in [0.3, 0.4) is 0 Å². The summed E-state index contributed by atoms with van der Waals surface area (Å²) in [6.45, 7) is 0.853. The molecule has 0 fully saturated rings. The standard InChI is InChI=1S/C13H15N3S/c1-16(13-6-7-14-10-15-13)9-11-4-3-5-12(8-11)17-2/h3-8,10H,9H2,1-2H3. The quantitative estimate of drug-likeness (QED) is 0.775. The molecular weight excluding hydrogens is 230 g/mol. The van der Waals surface area contributed by atoms with Crippen LogP contribution in [0, 0.1) is 0 Å². The maximum absolute atomic E-state index is 4.23. The van der Waals surface area contributed by atoms with E-state index < -0.39 is 0 Å². The third-order valence-electron chi connectivity index (χ3n) is 2.51.